The molecule has 3 N–H and O–H groups in total. The minimum atomic E-state index is -0.115. The van der Waals surface area contributed by atoms with Crippen LogP contribution < -0.4 is 16.0 Å². The first-order valence-corrected chi connectivity index (χ1v) is 7.33. The van der Waals surface area contributed by atoms with Crippen molar-refractivity contribution in [1.82, 2.24) is 10.3 Å². The van der Waals surface area contributed by atoms with Crippen molar-refractivity contribution in [3.8, 4) is 0 Å². The molecular formula is C16H20N4O. The Morgan fingerprint density at radius 3 is 3.00 bits per heavy atom. The number of piperidine rings is 1. The summed E-state index contributed by atoms with van der Waals surface area (Å²) in [5.41, 5.74) is 7.83. The van der Waals surface area contributed by atoms with Gasteiger partial charge < -0.3 is 16.0 Å². The molecule has 5 nitrogen and oxygen atoms in total. The fraction of sp³-hybridized carbons (Fsp3) is 0.375. The first-order valence-electron chi connectivity index (χ1n) is 7.33. The topological polar surface area (TPSA) is 71.2 Å². The number of nitrogens with two attached hydrogens (primary N) is 1. The van der Waals surface area contributed by atoms with Crippen molar-refractivity contribution < 1.29 is 4.79 Å². The number of likely N-dealkylation sites (N-methyl/N-ethyl adjacent to an activating group) is 1. The van der Waals surface area contributed by atoms with Crippen molar-refractivity contribution in [3.63, 3.8) is 0 Å². The third kappa shape index (κ3) is 2.39. The Morgan fingerprint density at radius 2 is 2.19 bits per heavy atom. The molecule has 3 rings (SSSR count). The van der Waals surface area contributed by atoms with Crippen molar-refractivity contribution in [3.05, 3.63) is 30.6 Å². The van der Waals surface area contributed by atoms with Crippen LogP contribution in [-0.4, -0.2) is 30.5 Å². The van der Waals surface area contributed by atoms with Crippen molar-refractivity contribution in [1.29, 1.82) is 0 Å². The summed E-state index contributed by atoms with van der Waals surface area (Å²) < 4.78 is 0. The molecule has 0 bridgehead atoms. The summed E-state index contributed by atoms with van der Waals surface area (Å²) >= 11 is 0. The maximum atomic E-state index is 12.2. The van der Waals surface area contributed by atoms with Gasteiger partial charge in [0.2, 0.25) is 5.91 Å². The normalized spacial score (nSPS) is 18.7. The summed E-state index contributed by atoms with van der Waals surface area (Å²) in [7, 11) is 1.69. The molecule has 2 heterocycles. The Hall–Kier alpha value is -2.30. The molecule has 0 radical (unpaired) electrons. The lowest BCUT2D eigenvalue weighted by Gasteiger charge is -2.37. The molecule has 1 aliphatic heterocycles. The van der Waals surface area contributed by atoms with Gasteiger partial charge in [0.15, 0.2) is 0 Å². The third-order valence-electron chi connectivity index (χ3n) is 4.19. The van der Waals surface area contributed by atoms with Gasteiger partial charge in [0.25, 0.3) is 0 Å². The fourth-order valence-electron chi connectivity index (χ4n) is 3.11. The zero-order chi connectivity index (χ0) is 14.8. The molecule has 1 aromatic heterocycles. The molecule has 1 unspecified atom stereocenters. The number of aromatic nitrogens is 1. The summed E-state index contributed by atoms with van der Waals surface area (Å²) in [5.74, 6) is 0.0727. The van der Waals surface area contributed by atoms with Crippen LogP contribution in [0.2, 0.25) is 0 Å². The van der Waals surface area contributed by atoms with Gasteiger partial charge in [0.1, 0.15) is 6.04 Å². The minimum absolute atomic E-state index is 0.0727. The van der Waals surface area contributed by atoms with Gasteiger partial charge in [-0.25, -0.2) is 0 Å². The first-order chi connectivity index (χ1) is 10.2. The monoisotopic (exact) mass is 284 g/mol. The number of hydrogen-bond acceptors (Lipinski definition) is 4. The van der Waals surface area contributed by atoms with Crippen molar-refractivity contribution >= 4 is 28.1 Å². The Morgan fingerprint density at radius 1 is 1.33 bits per heavy atom. The predicted molar refractivity (Wildman–Crippen MR) is 85.2 cm³/mol. The molecule has 1 aromatic carbocycles. The van der Waals surface area contributed by atoms with Gasteiger partial charge in [-0.3, -0.25) is 9.78 Å². The number of carbonyl (C=O) groups is 1. The number of benzene rings is 1. The molecule has 5 heteroatoms. The van der Waals surface area contributed by atoms with E-state index in [9.17, 15) is 4.79 Å². The number of hydrogen-bond donors (Lipinski definition) is 2. The standard InChI is InChI=1S/C16H20N4O/c1-18-16(21)15-4-2-3-9-20(15)14-6-5-13(17)11-7-8-19-10-12(11)14/h5-8,10,15H,2-4,9,17H2,1H3,(H,18,21). The molecule has 0 saturated carbocycles. The molecule has 1 saturated heterocycles. The maximum absolute atomic E-state index is 12.2. The van der Waals surface area contributed by atoms with Gasteiger partial charge in [0, 0.05) is 48.1 Å². The molecule has 0 aliphatic carbocycles. The van der Waals surface area contributed by atoms with Crippen LogP contribution in [0.4, 0.5) is 11.4 Å². The number of fused-ring (bicyclic) bond motifs is 1. The van der Waals surface area contributed by atoms with Gasteiger partial charge in [-0.05, 0) is 37.5 Å². The Kier molecular flexibility index (Phi) is 3.64. The smallest absolute Gasteiger partial charge is 0.242 e. The SMILES string of the molecule is CNC(=O)C1CCCCN1c1ccc(N)c2ccncc12. The van der Waals surface area contributed by atoms with Crippen molar-refractivity contribution in [2.75, 3.05) is 24.2 Å². The minimum Gasteiger partial charge on any atom is -0.398 e. The highest BCUT2D eigenvalue weighted by atomic mass is 16.2. The van der Waals surface area contributed by atoms with Gasteiger partial charge in [-0.15, -0.1) is 0 Å². The second-order valence-electron chi connectivity index (χ2n) is 5.41. The third-order valence-corrected chi connectivity index (χ3v) is 4.19. The van der Waals surface area contributed by atoms with E-state index in [0.29, 0.717) is 0 Å². The highest BCUT2D eigenvalue weighted by molar-refractivity contribution is 6.02. The van der Waals surface area contributed by atoms with Gasteiger partial charge in [-0.2, -0.15) is 0 Å². The molecular weight excluding hydrogens is 264 g/mol. The molecule has 1 atom stereocenters. The molecule has 1 aliphatic rings. The van der Waals surface area contributed by atoms with Crippen molar-refractivity contribution in [2.24, 2.45) is 0 Å². The van der Waals surface area contributed by atoms with E-state index in [1.54, 1.807) is 13.2 Å². The summed E-state index contributed by atoms with van der Waals surface area (Å²) in [5, 5.41) is 4.77. The molecule has 21 heavy (non-hydrogen) atoms. The average Bonchev–Trinajstić information content (AvgIpc) is 2.55. The summed E-state index contributed by atoms with van der Waals surface area (Å²) in [4.78, 5) is 18.6. The predicted octanol–water partition coefficient (Wildman–Crippen LogP) is 1.92. The van der Waals surface area contributed by atoms with Crippen LogP contribution in [-0.2, 0) is 4.79 Å². The number of carbonyl (C=O) groups excluding carboxylic acids is 1. The van der Waals surface area contributed by atoms with E-state index < -0.39 is 0 Å². The van der Waals surface area contributed by atoms with Crippen LogP contribution in [0.5, 0.6) is 0 Å². The Labute approximate surface area is 124 Å². The number of rotatable bonds is 2. The lowest BCUT2D eigenvalue weighted by Crippen LogP contribution is -2.49. The van der Waals surface area contributed by atoms with E-state index in [-0.39, 0.29) is 11.9 Å². The van der Waals surface area contributed by atoms with Crippen LogP contribution in [0.25, 0.3) is 10.8 Å². The summed E-state index contributed by atoms with van der Waals surface area (Å²) in [6.07, 6.45) is 6.64. The summed E-state index contributed by atoms with van der Waals surface area (Å²) in [6.45, 7) is 0.881. The molecule has 1 fully saturated rings. The fourth-order valence-corrected chi connectivity index (χ4v) is 3.11. The second kappa shape index (κ2) is 5.60. The van der Waals surface area contributed by atoms with E-state index in [1.165, 1.54) is 0 Å². The number of amides is 1. The number of anilines is 2. The molecule has 110 valence electrons. The van der Waals surface area contributed by atoms with Crippen LogP contribution in [0, 0.1) is 0 Å². The first kappa shape index (κ1) is 13.7. The number of nitrogens with one attached hydrogen (secondary N) is 1. The highest BCUT2D eigenvalue weighted by Crippen LogP contribution is 2.33. The molecule has 2 aromatic rings. The Balaban J connectivity index is 2.10. The highest BCUT2D eigenvalue weighted by Gasteiger charge is 2.29. The van der Waals surface area contributed by atoms with E-state index in [0.717, 1.165) is 48.0 Å². The van der Waals surface area contributed by atoms with Gasteiger partial charge in [-0.1, -0.05) is 0 Å². The average molecular weight is 284 g/mol. The van der Waals surface area contributed by atoms with Gasteiger partial charge in [0.05, 0.1) is 0 Å². The Bertz CT molecular complexity index is 670. The van der Waals surface area contributed by atoms with Crippen LogP contribution in [0.1, 0.15) is 19.3 Å². The summed E-state index contributed by atoms with van der Waals surface area (Å²) in [6, 6.07) is 5.72. The van der Waals surface area contributed by atoms with Crippen LogP contribution in [0.15, 0.2) is 30.6 Å². The number of pyridine rings is 1. The van der Waals surface area contributed by atoms with Crippen LogP contribution >= 0.6 is 0 Å². The van der Waals surface area contributed by atoms with Crippen molar-refractivity contribution in [2.45, 2.75) is 25.3 Å². The van der Waals surface area contributed by atoms with E-state index in [1.807, 2.05) is 24.4 Å². The second-order valence-corrected chi connectivity index (χ2v) is 5.41. The largest absolute Gasteiger partial charge is 0.398 e. The van der Waals surface area contributed by atoms with Gasteiger partial charge >= 0.3 is 0 Å². The molecule has 0 spiro atoms. The number of nitrogens with zero attached hydrogens (tertiary/aromatic N) is 2. The van der Waals surface area contributed by atoms with Crippen LogP contribution in [0.3, 0.4) is 0 Å². The van der Waals surface area contributed by atoms with E-state index in [2.05, 4.69) is 15.2 Å². The maximum Gasteiger partial charge on any atom is 0.242 e. The molecule has 1 amide bonds. The van der Waals surface area contributed by atoms with E-state index in [4.69, 9.17) is 5.73 Å². The van der Waals surface area contributed by atoms with E-state index >= 15 is 0 Å². The lowest BCUT2D eigenvalue weighted by atomic mass is 9.98. The zero-order valence-corrected chi connectivity index (χ0v) is 12.2. The number of nitrogen functional groups attached to an aromatic ring is 1. The lowest BCUT2D eigenvalue weighted by molar-refractivity contribution is -0.122. The zero-order valence-electron chi connectivity index (χ0n) is 12.2. The quantitative estimate of drug-likeness (QED) is 0.827.